The minimum Gasteiger partial charge on any atom is -0.364 e. The van der Waals surface area contributed by atoms with Crippen molar-refractivity contribution in [1.29, 1.82) is 0 Å². The highest BCUT2D eigenvalue weighted by Crippen LogP contribution is 2.31. The summed E-state index contributed by atoms with van der Waals surface area (Å²) in [6.45, 7) is 1.89. The molecule has 0 amide bonds. The fourth-order valence-electron chi connectivity index (χ4n) is 4.41. The van der Waals surface area contributed by atoms with Gasteiger partial charge < -0.3 is 4.74 Å². The SMILES string of the molecule is COC1NCC(C2CCC(S(C)(=O)=O)CC2)NC1NCC1CCCS1. The van der Waals surface area contributed by atoms with Crippen molar-refractivity contribution in [2.75, 3.05) is 32.2 Å². The number of nitrogens with one attached hydrogen (secondary N) is 3. The lowest BCUT2D eigenvalue weighted by Gasteiger charge is -2.43. The average molecular weight is 392 g/mol. The Morgan fingerprint density at radius 1 is 1.20 bits per heavy atom. The topological polar surface area (TPSA) is 79.5 Å². The lowest BCUT2D eigenvalue weighted by Crippen LogP contribution is -2.68. The normalized spacial score (nSPS) is 40.2. The van der Waals surface area contributed by atoms with Gasteiger partial charge in [-0.1, -0.05) is 0 Å². The summed E-state index contributed by atoms with van der Waals surface area (Å²) in [5.74, 6) is 1.82. The first kappa shape index (κ1) is 19.9. The Bertz CT molecular complexity index is 517. The molecule has 2 heterocycles. The van der Waals surface area contributed by atoms with Crippen molar-refractivity contribution in [2.45, 2.75) is 67.5 Å². The van der Waals surface area contributed by atoms with Gasteiger partial charge >= 0.3 is 0 Å². The molecule has 4 atom stereocenters. The van der Waals surface area contributed by atoms with Crippen LogP contribution in [0.1, 0.15) is 38.5 Å². The van der Waals surface area contributed by atoms with Crippen LogP contribution in [0, 0.1) is 5.92 Å². The lowest BCUT2D eigenvalue weighted by molar-refractivity contribution is -0.00323. The maximum atomic E-state index is 11.8. The van der Waals surface area contributed by atoms with E-state index in [-0.39, 0.29) is 17.6 Å². The Labute approximate surface area is 156 Å². The van der Waals surface area contributed by atoms with Crippen molar-refractivity contribution in [1.82, 2.24) is 16.0 Å². The van der Waals surface area contributed by atoms with E-state index >= 15 is 0 Å². The van der Waals surface area contributed by atoms with Crippen LogP contribution in [-0.2, 0) is 14.6 Å². The molecule has 0 radical (unpaired) electrons. The molecule has 1 saturated carbocycles. The Balaban J connectivity index is 1.51. The summed E-state index contributed by atoms with van der Waals surface area (Å²) >= 11 is 2.06. The van der Waals surface area contributed by atoms with Crippen molar-refractivity contribution in [3.63, 3.8) is 0 Å². The standard InChI is InChI=1S/C17H33N3O3S2/c1-23-17-16(18-10-13-4-3-9-24-13)20-15(11-19-17)12-5-7-14(8-6-12)25(2,21)22/h12-20H,3-11H2,1-2H3. The minimum absolute atomic E-state index is 0.0185. The van der Waals surface area contributed by atoms with Gasteiger partial charge in [0.15, 0.2) is 0 Å². The molecule has 3 N–H and O–H groups in total. The third kappa shape index (κ3) is 5.32. The monoisotopic (exact) mass is 391 g/mol. The molecule has 0 spiro atoms. The molecule has 1 aliphatic carbocycles. The molecule has 3 rings (SSSR count). The zero-order valence-corrected chi connectivity index (χ0v) is 17.0. The van der Waals surface area contributed by atoms with Crippen LogP contribution >= 0.6 is 11.8 Å². The van der Waals surface area contributed by atoms with Crippen LogP contribution in [0.25, 0.3) is 0 Å². The zero-order valence-electron chi connectivity index (χ0n) is 15.4. The maximum absolute atomic E-state index is 11.8. The summed E-state index contributed by atoms with van der Waals surface area (Å²) in [5.41, 5.74) is 0. The van der Waals surface area contributed by atoms with Crippen LogP contribution in [-0.4, -0.2) is 69.6 Å². The van der Waals surface area contributed by atoms with Crippen molar-refractivity contribution >= 4 is 21.6 Å². The molecule has 3 aliphatic rings. The number of methoxy groups -OCH3 is 1. The van der Waals surface area contributed by atoms with E-state index in [0.29, 0.717) is 17.2 Å². The second-order valence-corrected chi connectivity index (χ2v) is 11.5. The molecule has 2 saturated heterocycles. The molecule has 2 aliphatic heterocycles. The molecule has 25 heavy (non-hydrogen) atoms. The van der Waals surface area contributed by atoms with Crippen LogP contribution in [0.2, 0.25) is 0 Å². The van der Waals surface area contributed by atoms with Crippen LogP contribution < -0.4 is 16.0 Å². The second-order valence-electron chi connectivity index (χ2n) is 7.72. The fraction of sp³-hybridized carbons (Fsp3) is 1.00. The summed E-state index contributed by atoms with van der Waals surface area (Å²) < 4.78 is 29.1. The molecule has 0 aromatic heterocycles. The third-order valence-electron chi connectivity index (χ3n) is 5.97. The van der Waals surface area contributed by atoms with E-state index in [1.807, 2.05) is 0 Å². The minimum atomic E-state index is -2.89. The molecule has 146 valence electrons. The summed E-state index contributed by atoms with van der Waals surface area (Å²) in [6, 6.07) is 0.376. The molecule has 6 nitrogen and oxygen atoms in total. The molecule has 0 aromatic rings. The molecule has 3 fully saturated rings. The van der Waals surface area contributed by atoms with Crippen LogP contribution in [0.5, 0.6) is 0 Å². The smallest absolute Gasteiger partial charge is 0.150 e. The van der Waals surface area contributed by atoms with Crippen molar-refractivity contribution in [3.05, 3.63) is 0 Å². The predicted molar refractivity (Wildman–Crippen MR) is 104 cm³/mol. The number of thioether (sulfide) groups is 1. The number of hydrogen-bond acceptors (Lipinski definition) is 7. The van der Waals surface area contributed by atoms with Gasteiger partial charge in [-0.15, -0.1) is 0 Å². The lowest BCUT2D eigenvalue weighted by atomic mass is 9.83. The Hall–Kier alpha value is 0.140. The van der Waals surface area contributed by atoms with Gasteiger partial charge in [0.1, 0.15) is 16.1 Å². The average Bonchev–Trinajstić information content (AvgIpc) is 3.12. The first-order valence-electron chi connectivity index (χ1n) is 9.53. The predicted octanol–water partition coefficient (Wildman–Crippen LogP) is 0.935. The zero-order chi connectivity index (χ0) is 17.9. The Kier molecular flexibility index (Phi) is 7.07. The van der Waals surface area contributed by atoms with E-state index in [1.54, 1.807) is 7.11 Å². The number of ether oxygens (including phenoxy) is 1. The van der Waals surface area contributed by atoms with Gasteiger partial charge in [0.25, 0.3) is 0 Å². The summed E-state index contributed by atoms with van der Waals surface area (Å²) in [5, 5.41) is 11.5. The van der Waals surface area contributed by atoms with E-state index in [1.165, 1.54) is 24.9 Å². The number of piperazine rings is 1. The third-order valence-corrected chi connectivity index (χ3v) is 9.05. The fourth-order valence-corrected chi connectivity index (χ4v) is 6.75. The molecular weight excluding hydrogens is 358 g/mol. The highest BCUT2D eigenvalue weighted by molar-refractivity contribution is 8.00. The molecular formula is C17H33N3O3S2. The van der Waals surface area contributed by atoms with Gasteiger partial charge in [0.2, 0.25) is 0 Å². The van der Waals surface area contributed by atoms with E-state index in [9.17, 15) is 8.42 Å². The van der Waals surface area contributed by atoms with E-state index in [4.69, 9.17) is 4.74 Å². The van der Waals surface area contributed by atoms with E-state index in [0.717, 1.165) is 38.8 Å². The molecule has 8 heteroatoms. The van der Waals surface area contributed by atoms with Gasteiger partial charge in [0.05, 0.1) is 11.4 Å². The van der Waals surface area contributed by atoms with E-state index in [2.05, 4.69) is 27.7 Å². The molecule has 4 unspecified atom stereocenters. The largest absolute Gasteiger partial charge is 0.364 e. The molecule has 0 bridgehead atoms. The maximum Gasteiger partial charge on any atom is 0.150 e. The van der Waals surface area contributed by atoms with Gasteiger partial charge in [-0.05, 0) is 50.2 Å². The first-order chi connectivity index (χ1) is 12.0. The second kappa shape index (κ2) is 8.89. The van der Waals surface area contributed by atoms with Crippen LogP contribution in [0.3, 0.4) is 0 Å². The quantitative estimate of drug-likeness (QED) is 0.622. The highest BCUT2D eigenvalue weighted by Gasteiger charge is 2.37. The Morgan fingerprint density at radius 3 is 2.56 bits per heavy atom. The Morgan fingerprint density at radius 2 is 1.96 bits per heavy atom. The number of hydrogen-bond donors (Lipinski definition) is 3. The van der Waals surface area contributed by atoms with Crippen LogP contribution in [0.4, 0.5) is 0 Å². The summed E-state index contributed by atoms with van der Waals surface area (Å²) in [7, 11) is -1.15. The summed E-state index contributed by atoms with van der Waals surface area (Å²) in [4.78, 5) is 0. The van der Waals surface area contributed by atoms with Crippen molar-refractivity contribution in [3.8, 4) is 0 Å². The van der Waals surface area contributed by atoms with Gasteiger partial charge in [0, 0.05) is 37.7 Å². The van der Waals surface area contributed by atoms with E-state index < -0.39 is 9.84 Å². The van der Waals surface area contributed by atoms with Gasteiger partial charge in [-0.2, -0.15) is 11.8 Å². The highest BCUT2D eigenvalue weighted by atomic mass is 32.2. The van der Waals surface area contributed by atoms with Crippen molar-refractivity contribution in [2.24, 2.45) is 5.92 Å². The first-order valence-corrected chi connectivity index (χ1v) is 12.5. The number of sulfone groups is 1. The number of rotatable bonds is 6. The van der Waals surface area contributed by atoms with Crippen molar-refractivity contribution < 1.29 is 13.2 Å². The summed E-state index contributed by atoms with van der Waals surface area (Å²) in [6.07, 6.45) is 7.66. The molecule has 0 aromatic carbocycles. The van der Waals surface area contributed by atoms with Crippen LogP contribution in [0.15, 0.2) is 0 Å². The van der Waals surface area contributed by atoms with Gasteiger partial charge in [-0.3, -0.25) is 16.0 Å². The van der Waals surface area contributed by atoms with Gasteiger partial charge in [-0.25, -0.2) is 8.42 Å².